The largest absolute Gasteiger partial charge is 0.478 e. The molecule has 2 aromatic carbocycles. The fourth-order valence-corrected chi connectivity index (χ4v) is 2.71. The van der Waals surface area contributed by atoms with Crippen LogP contribution in [0.2, 0.25) is 0 Å². The number of hydrogen-bond acceptors (Lipinski definition) is 2. The van der Waals surface area contributed by atoms with Gasteiger partial charge in [-0.05, 0) is 24.6 Å². The van der Waals surface area contributed by atoms with E-state index in [1.54, 1.807) is 6.07 Å². The van der Waals surface area contributed by atoms with Gasteiger partial charge in [0.15, 0.2) is 0 Å². The molecule has 1 fully saturated rings. The molecule has 2 aromatic rings. The highest BCUT2D eigenvalue weighted by atomic mass is 16.4. The number of carboxylic acid groups (broad SMARTS) is 1. The van der Waals surface area contributed by atoms with E-state index in [9.17, 15) is 9.90 Å². The maximum absolute atomic E-state index is 11.3. The zero-order valence-corrected chi connectivity index (χ0v) is 11.4. The molecule has 0 amide bonds. The number of rotatable bonds is 3. The molecule has 3 nitrogen and oxygen atoms in total. The summed E-state index contributed by atoms with van der Waals surface area (Å²) in [5.41, 5.74) is 3.53. The third-order valence-corrected chi connectivity index (χ3v) is 3.88. The fraction of sp³-hybridized carbons (Fsp3) is 0.235. The molecule has 1 aliphatic heterocycles. The summed E-state index contributed by atoms with van der Waals surface area (Å²) in [5, 5.41) is 9.31. The number of carboxylic acids is 1. The molecule has 0 unspecified atom stereocenters. The smallest absolute Gasteiger partial charge is 0.337 e. The van der Waals surface area contributed by atoms with Gasteiger partial charge in [-0.15, -0.1) is 0 Å². The third kappa shape index (κ3) is 2.27. The second kappa shape index (κ2) is 5.00. The van der Waals surface area contributed by atoms with Crippen molar-refractivity contribution < 1.29 is 9.90 Å². The van der Waals surface area contributed by atoms with Crippen LogP contribution in [-0.4, -0.2) is 24.2 Å². The van der Waals surface area contributed by atoms with Crippen LogP contribution in [0.4, 0.5) is 5.69 Å². The molecule has 20 heavy (non-hydrogen) atoms. The van der Waals surface area contributed by atoms with Gasteiger partial charge in [-0.25, -0.2) is 4.79 Å². The van der Waals surface area contributed by atoms with Gasteiger partial charge < -0.3 is 10.0 Å². The van der Waals surface area contributed by atoms with Crippen molar-refractivity contribution in [1.82, 2.24) is 0 Å². The van der Waals surface area contributed by atoms with Crippen molar-refractivity contribution in [1.29, 1.82) is 0 Å². The molecule has 0 radical (unpaired) electrons. The van der Waals surface area contributed by atoms with E-state index in [1.165, 1.54) is 5.56 Å². The molecule has 0 aromatic heterocycles. The van der Waals surface area contributed by atoms with E-state index in [-0.39, 0.29) is 0 Å². The minimum atomic E-state index is -0.855. The summed E-state index contributed by atoms with van der Waals surface area (Å²) < 4.78 is 0. The quantitative estimate of drug-likeness (QED) is 0.927. The van der Waals surface area contributed by atoms with E-state index in [2.05, 4.69) is 17.0 Å². The van der Waals surface area contributed by atoms with Crippen LogP contribution in [0.1, 0.15) is 27.4 Å². The molecule has 0 aliphatic carbocycles. The van der Waals surface area contributed by atoms with Crippen molar-refractivity contribution in [2.45, 2.75) is 12.8 Å². The Hall–Kier alpha value is -2.29. The normalized spacial score (nSPS) is 14.9. The number of anilines is 1. The van der Waals surface area contributed by atoms with Gasteiger partial charge in [0.1, 0.15) is 0 Å². The Kier molecular flexibility index (Phi) is 3.18. The van der Waals surface area contributed by atoms with E-state index in [4.69, 9.17) is 0 Å². The Labute approximate surface area is 118 Å². The zero-order chi connectivity index (χ0) is 14.1. The summed E-state index contributed by atoms with van der Waals surface area (Å²) >= 11 is 0. The topological polar surface area (TPSA) is 40.5 Å². The Morgan fingerprint density at radius 2 is 1.85 bits per heavy atom. The first kappa shape index (κ1) is 12.7. The van der Waals surface area contributed by atoms with Crippen LogP contribution in [0.3, 0.4) is 0 Å². The predicted octanol–water partition coefficient (Wildman–Crippen LogP) is 3.30. The highest BCUT2D eigenvalue weighted by molar-refractivity contribution is 5.95. The van der Waals surface area contributed by atoms with Crippen molar-refractivity contribution >= 4 is 11.7 Å². The standard InChI is InChI=1S/C17H17NO2/c1-12-7-8-16(15(9-12)17(19)20)18-10-14(11-18)13-5-3-2-4-6-13/h2-9,14H,10-11H2,1H3,(H,19,20). The fourth-order valence-electron chi connectivity index (χ4n) is 2.71. The lowest BCUT2D eigenvalue weighted by atomic mass is 9.90. The number of nitrogens with zero attached hydrogens (tertiary/aromatic N) is 1. The maximum atomic E-state index is 11.3. The molecular weight excluding hydrogens is 250 g/mol. The molecule has 1 N–H and O–H groups in total. The first-order valence-electron chi connectivity index (χ1n) is 6.79. The van der Waals surface area contributed by atoms with Crippen LogP contribution >= 0.6 is 0 Å². The van der Waals surface area contributed by atoms with Gasteiger partial charge in [0.05, 0.1) is 11.3 Å². The van der Waals surface area contributed by atoms with Crippen molar-refractivity contribution in [3.8, 4) is 0 Å². The minimum Gasteiger partial charge on any atom is -0.478 e. The number of hydrogen-bond donors (Lipinski definition) is 1. The van der Waals surface area contributed by atoms with Crippen LogP contribution < -0.4 is 4.90 Å². The lowest BCUT2D eigenvalue weighted by Gasteiger charge is -2.42. The average molecular weight is 267 g/mol. The van der Waals surface area contributed by atoms with E-state index in [0.717, 1.165) is 24.3 Å². The highest BCUT2D eigenvalue weighted by Gasteiger charge is 2.30. The molecule has 0 spiro atoms. The SMILES string of the molecule is Cc1ccc(N2CC(c3ccccc3)C2)c(C(=O)O)c1. The molecule has 0 atom stereocenters. The predicted molar refractivity (Wildman–Crippen MR) is 79.5 cm³/mol. The van der Waals surface area contributed by atoms with Gasteiger partial charge in [0, 0.05) is 19.0 Å². The minimum absolute atomic E-state index is 0.400. The van der Waals surface area contributed by atoms with Crippen molar-refractivity contribution in [3.05, 3.63) is 65.2 Å². The number of aromatic carboxylic acids is 1. The van der Waals surface area contributed by atoms with Gasteiger partial charge in [0.25, 0.3) is 0 Å². The molecular formula is C17H17NO2. The molecule has 1 saturated heterocycles. The number of carbonyl (C=O) groups is 1. The summed E-state index contributed by atoms with van der Waals surface area (Å²) in [4.78, 5) is 13.5. The lowest BCUT2D eigenvalue weighted by Crippen LogP contribution is -2.45. The van der Waals surface area contributed by atoms with Gasteiger partial charge in [-0.3, -0.25) is 0 Å². The van der Waals surface area contributed by atoms with Gasteiger partial charge in [0.2, 0.25) is 0 Å². The summed E-state index contributed by atoms with van der Waals surface area (Å²) in [6.45, 7) is 3.68. The number of benzene rings is 2. The molecule has 1 heterocycles. The van der Waals surface area contributed by atoms with E-state index < -0.39 is 5.97 Å². The van der Waals surface area contributed by atoms with Crippen LogP contribution in [0.25, 0.3) is 0 Å². The Balaban J connectivity index is 1.79. The number of aryl methyl sites for hydroxylation is 1. The van der Waals surface area contributed by atoms with Gasteiger partial charge in [-0.1, -0.05) is 42.0 Å². The summed E-state index contributed by atoms with van der Waals surface area (Å²) in [7, 11) is 0. The molecule has 0 bridgehead atoms. The second-order valence-corrected chi connectivity index (χ2v) is 5.34. The van der Waals surface area contributed by atoms with Crippen molar-refractivity contribution in [3.63, 3.8) is 0 Å². The molecule has 3 heteroatoms. The summed E-state index contributed by atoms with van der Waals surface area (Å²) in [6, 6.07) is 16.0. The van der Waals surface area contributed by atoms with Crippen molar-refractivity contribution in [2.75, 3.05) is 18.0 Å². The van der Waals surface area contributed by atoms with Crippen LogP contribution in [0, 0.1) is 6.92 Å². The average Bonchev–Trinajstić information content (AvgIpc) is 2.39. The summed E-state index contributed by atoms with van der Waals surface area (Å²) in [5.74, 6) is -0.356. The first-order chi connectivity index (χ1) is 9.65. The second-order valence-electron chi connectivity index (χ2n) is 5.34. The Morgan fingerprint density at radius 1 is 1.15 bits per heavy atom. The van der Waals surface area contributed by atoms with Gasteiger partial charge >= 0.3 is 5.97 Å². The molecule has 0 saturated carbocycles. The van der Waals surface area contributed by atoms with E-state index in [1.807, 2.05) is 37.3 Å². The molecule has 3 rings (SSSR count). The highest BCUT2D eigenvalue weighted by Crippen LogP contribution is 2.33. The zero-order valence-electron chi connectivity index (χ0n) is 11.4. The third-order valence-electron chi connectivity index (χ3n) is 3.88. The van der Waals surface area contributed by atoms with E-state index >= 15 is 0 Å². The van der Waals surface area contributed by atoms with Crippen LogP contribution in [0.15, 0.2) is 48.5 Å². The summed E-state index contributed by atoms with van der Waals surface area (Å²) in [6.07, 6.45) is 0. The Bertz CT molecular complexity index is 631. The van der Waals surface area contributed by atoms with Crippen LogP contribution in [0.5, 0.6) is 0 Å². The van der Waals surface area contributed by atoms with E-state index in [0.29, 0.717) is 11.5 Å². The Morgan fingerprint density at radius 3 is 2.50 bits per heavy atom. The lowest BCUT2D eigenvalue weighted by molar-refractivity contribution is 0.0697. The molecule has 102 valence electrons. The van der Waals surface area contributed by atoms with Crippen molar-refractivity contribution in [2.24, 2.45) is 0 Å². The molecule has 1 aliphatic rings. The monoisotopic (exact) mass is 267 g/mol. The van der Waals surface area contributed by atoms with Gasteiger partial charge in [-0.2, -0.15) is 0 Å². The maximum Gasteiger partial charge on any atom is 0.337 e. The first-order valence-corrected chi connectivity index (χ1v) is 6.79. The van der Waals surface area contributed by atoms with Crippen LogP contribution in [-0.2, 0) is 0 Å².